The first-order valence-electron chi connectivity index (χ1n) is 9.67. The first-order valence-corrected chi connectivity index (χ1v) is 10.1. The molecule has 1 aliphatic carbocycles. The molecule has 6 heteroatoms. The summed E-state index contributed by atoms with van der Waals surface area (Å²) in [6.07, 6.45) is 5.64. The number of nitrogens with zero attached hydrogens (tertiary/aromatic N) is 3. The molecule has 1 aromatic carbocycles. The van der Waals surface area contributed by atoms with E-state index >= 15 is 0 Å². The number of hydrogen-bond acceptors (Lipinski definition) is 4. The molecule has 0 N–H and O–H groups in total. The number of rotatable bonds is 7. The maximum atomic E-state index is 11.8. The van der Waals surface area contributed by atoms with Gasteiger partial charge in [0.05, 0.1) is 18.7 Å². The number of ether oxygens (including phenoxy) is 1. The highest BCUT2D eigenvalue weighted by molar-refractivity contribution is 7.71. The molecular formula is C21H29N3O2S. The highest BCUT2D eigenvalue weighted by atomic mass is 32.1. The fourth-order valence-corrected chi connectivity index (χ4v) is 4.30. The minimum atomic E-state index is -0.173. The second-order valence-corrected chi connectivity index (χ2v) is 7.79. The van der Waals surface area contributed by atoms with Crippen LogP contribution >= 0.6 is 12.2 Å². The molecule has 2 aromatic rings. The summed E-state index contributed by atoms with van der Waals surface area (Å²) in [4.78, 5) is 13.9. The van der Waals surface area contributed by atoms with Crippen molar-refractivity contribution in [3.8, 4) is 0 Å². The summed E-state index contributed by atoms with van der Waals surface area (Å²) >= 11 is 5.82. The molecule has 1 unspecified atom stereocenters. The molecule has 1 aromatic heterocycles. The highest BCUT2D eigenvalue weighted by Crippen LogP contribution is 2.31. The molecule has 1 heterocycles. The maximum absolute atomic E-state index is 11.8. The molecule has 0 saturated carbocycles. The number of esters is 1. The van der Waals surface area contributed by atoms with Crippen LogP contribution in [0.2, 0.25) is 0 Å². The Kier molecular flexibility index (Phi) is 6.50. The normalized spacial score (nSPS) is 16.4. The van der Waals surface area contributed by atoms with E-state index in [1.54, 1.807) is 0 Å². The van der Waals surface area contributed by atoms with Crippen LogP contribution in [0.25, 0.3) is 0 Å². The van der Waals surface area contributed by atoms with Gasteiger partial charge in [-0.05, 0) is 63.6 Å². The molecular weight excluding hydrogens is 358 g/mol. The van der Waals surface area contributed by atoms with E-state index in [2.05, 4.69) is 54.0 Å². The van der Waals surface area contributed by atoms with Crippen molar-refractivity contribution in [1.29, 1.82) is 0 Å². The summed E-state index contributed by atoms with van der Waals surface area (Å²) in [5.41, 5.74) is 4.08. The summed E-state index contributed by atoms with van der Waals surface area (Å²) in [6, 6.07) is 9.07. The van der Waals surface area contributed by atoms with Crippen LogP contribution in [0.15, 0.2) is 30.5 Å². The SMILES string of the molecule is CCOC(=O)CCn1cc(CN(C)C)n(C2CCc3ccccc3C2)c1=S. The Morgan fingerprint density at radius 1 is 1.30 bits per heavy atom. The molecule has 0 bridgehead atoms. The van der Waals surface area contributed by atoms with Crippen molar-refractivity contribution in [3.05, 3.63) is 52.1 Å². The van der Waals surface area contributed by atoms with Crippen LogP contribution < -0.4 is 0 Å². The maximum Gasteiger partial charge on any atom is 0.307 e. The number of benzene rings is 1. The van der Waals surface area contributed by atoms with Crippen LogP contribution in [0.4, 0.5) is 0 Å². The zero-order valence-corrected chi connectivity index (χ0v) is 17.3. The molecule has 1 atom stereocenters. The van der Waals surface area contributed by atoms with Gasteiger partial charge in [0.15, 0.2) is 4.77 Å². The number of fused-ring (bicyclic) bond motifs is 1. The molecule has 0 aliphatic heterocycles. The van der Waals surface area contributed by atoms with E-state index in [4.69, 9.17) is 17.0 Å². The van der Waals surface area contributed by atoms with Crippen LogP contribution in [-0.2, 0) is 35.5 Å². The topological polar surface area (TPSA) is 39.4 Å². The molecule has 27 heavy (non-hydrogen) atoms. The van der Waals surface area contributed by atoms with Gasteiger partial charge < -0.3 is 18.8 Å². The number of carbonyl (C=O) groups is 1. The Bertz CT molecular complexity index is 853. The van der Waals surface area contributed by atoms with E-state index in [1.807, 2.05) is 11.5 Å². The monoisotopic (exact) mass is 387 g/mol. The lowest BCUT2D eigenvalue weighted by Crippen LogP contribution is -2.23. The molecule has 0 spiro atoms. The zero-order valence-electron chi connectivity index (χ0n) is 16.5. The molecule has 5 nitrogen and oxygen atoms in total. The number of carbonyl (C=O) groups excluding carboxylic acids is 1. The quantitative estimate of drug-likeness (QED) is 0.536. The van der Waals surface area contributed by atoms with Crippen molar-refractivity contribution >= 4 is 18.2 Å². The fourth-order valence-electron chi connectivity index (χ4n) is 3.89. The minimum Gasteiger partial charge on any atom is -0.466 e. The smallest absolute Gasteiger partial charge is 0.307 e. The Hall–Kier alpha value is -1.92. The van der Waals surface area contributed by atoms with Gasteiger partial charge in [-0.1, -0.05) is 24.3 Å². The first-order chi connectivity index (χ1) is 13.0. The van der Waals surface area contributed by atoms with E-state index in [0.29, 0.717) is 25.6 Å². The van der Waals surface area contributed by atoms with Gasteiger partial charge in [0.1, 0.15) is 0 Å². The molecule has 146 valence electrons. The predicted octanol–water partition coefficient (Wildman–Crippen LogP) is 3.76. The van der Waals surface area contributed by atoms with Crippen LogP contribution in [0.1, 0.15) is 42.6 Å². The number of aromatic nitrogens is 2. The van der Waals surface area contributed by atoms with Crippen molar-refractivity contribution in [1.82, 2.24) is 14.0 Å². The van der Waals surface area contributed by atoms with Crippen molar-refractivity contribution < 1.29 is 9.53 Å². The fraction of sp³-hybridized carbons (Fsp3) is 0.524. The molecule has 1 aliphatic rings. The second kappa shape index (κ2) is 8.85. The van der Waals surface area contributed by atoms with E-state index in [9.17, 15) is 4.79 Å². The lowest BCUT2D eigenvalue weighted by Gasteiger charge is -2.28. The van der Waals surface area contributed by atoms with Gasteiger partial charge in [-0.15, -0.1) is 0 Å². The van der Waals surface area contributed by atoms with Crippen molar-refractivity contribution in [2.75, 3.05) is 20.7 Å². The molecule has 3 rings (SSSR count). The Morgan fingerprint density at radius 2 is 2.04 bits per heavy atom. The average molecular weight is 388 g/mol. The van der Waals surface area contributed by atoms with Gasteiger partial charge in [0, 0.05) is 25.3 Å². The molecule has 0 radical (unpaired) electrons. The number of hydrogen-bond donors (Lipinski definition) is 0. The van der Waals surface area contributed by atoms with E-state index in [1.165, 1.54) is 16.8 Å². The van der Waals surface area contributed by atoms with Crippen molar-refractivity contribution in [3.63, 3.8) is 0 Å². The standard InChI is InChI=1S/C21H29N3O2S/c1-4-26-20(25)11-12-23-15-19(14-22(2)3)24(21(23)27)18-10-9-16-7-5-6-8-17(16)13-18/h5-8,15,18H,4,9-14H2,1-3H3. The lowest BCUT2D eigenvalue weighted by atomic mass is 9.88. The van der Waals surface area contributed by atoms with E-state index in [0.717, 1.165) is 30.6 Å². The summed E-state index contributed by atoms with van der Waals surface area (Å²) in [5, 5.41) is 0. The van der Waals surface area contributed by atoms with Gasteiger partial charge in [0.2, 0.25) is 0 Å². The molecule has 0 saturated heterocycles. The van der Waals surface area contributed by atoms with Crippen molar-refractivity contribution in [2.45, 2.75) is 51.7 Å². The Labute approximate surface area is 166 Å². The van der Waals surface area contributed by atoms with Crippen LogP contribution in [0.3, 0.4) is 0 Å². The van der Waals surface area contributed by atoms with Gasteiger partial charge in [-0.2, -0.15) is 0 Å². The minimum absolute atomic E-state index is 0.173. The van der Waals surface area contributed by atoms with Gasteiger partial charge in [-0.3, -0.25) is 4.79 Å². The summed E-state index contributed by atoms with van der Waals surface area (Å²) in [5.74, 6) is -0.173. The van der Waals surface area contributed by atoms with Crippen molar-refractivity contribution in [2.24, 2.45) is 0 Å². The van der Waals surface area contributed by atoms with Crippen LogP contribution in [0, 0.1) is 4.77 Å². The number of imidazole rings is 1. The third-order valence-electron chi connectivity index (χ3n) is 5.09. The van der Waals surface area contributed by atoms with Crippen LogP contribution in [-0.4, -0.2) is 40.7 Å². The summed E-state index contributed by atoms with van der Waals surface area (Å²) in [6.45, 7) is 3.64. The lowest BCUT2D eigenvalue weighted by molar-refractivity contribution is -0.143. The van der Waals surface area contributed by atoms with Gasteiger partial charge in [0.25, 0.3) is 0 Å². The molecule has 0 fully saturated rings. The predicted molar refractivity (Wildman–Crippen MR) is 109 cm³/mol. The number of aryl methyl sites for hydroxylation is 2. The Morgan fingerprint density at radius 3 is 2.74 bits per heavy atom. The summed E-state index contributed by atoms with van der Waals surface area (Å²) in [7, 11) is 4.14. The molecule has 0 amide bonds. The highest BCUT2D eigenvalue weighted by Gasteiger charge is 2.23. The van der Waals surface area contributed by atoms with Gasteiger partial charge >= 0.3 is 5.97 Å². The third-order valence-corrected chi connectivity index (χ3v) is 5.52. The van der Waals surface area contributed by atoms with Gasteiger partial charge in [-0.25, -0.2) is 0 Å². The van der Waals surface area contributed by atoms with E-state index < -0.39 is 0 Å². The van der Waals surface area contributed by atoms with E-state index in [-0.39, 0.29) is 5.97 Å². The Balaban J connectivity index is 1.87. The largest absolute Gasteiger partial charge is 0.466 e. The van der Waals surface area contributed by atoms with Crippen LogP contribution in [0.5, 0.6) is 0 Å². The second-order valence-electron chi connectivity index (χ2n) is 7.42. The summed E-state index contributed by atoms with van der Waals surface area (Å²) < 4.78 is 10.2. The first kappa shape index (κ1) is 19.8. The third kappa shape index (κ3) is 4.68. The average Bonchev–Trinajstić information content (AvgIpc) is 2.94. The zero-order chi connectivity index (χ0) is 19.4.